The number of nitrogens with one attached hydrogen (secondary N) is 2. The molecule has 1 amide bonds. The first-order chi connectivity index (χ1) is 11.6. The predicted octanol–water partition coefficient (Wildman–Crippen LogP) is 2.24. The zero-order valence-corrected chi connectivity index (χ0v) is 14.4. The molecule has 6 nitrogen and oxygen atoms in total. The molecule has 0 aliphatic heterocycles. The second kappa shape index (κ2) is 8.88. The van der Waals surface area contributed by atoms with Gasteiger partial charge in [0.05, 0.1) is 25.4 Å². The Labute approximate surface area is 142 Å². The van der Waals surface area contributed by atoms with Gasteiger partial charge < -0.3 is 20.3 Å². The summed E-state index contributed by atoms with van der Waals surface area (Å²) in [5, 5.41) is 6.08. The van der Waals surface area contributed by atoms with E-state index in [1.165, 1.54) is 0 Å². The van der Waals surface area contributed by atoms with Crippen molar-refractivity contribution in [1.29, 1.82) is 0 Å². The quantitative estimate of drug-likeness (QED) is 0.778. The first-order valence-corrected chi connectivity index (χ1v) is 7.84. The third kappa shape index (κ3) is 5.89. The van der Waals surface area contributed by atoms with Crippen LogP contribution in [0.15, 0.2) is 42.6 Å². The monoisotopic (exact) mass is 328 g/mol. The summed E-state index contributed by atoms with van der Waals surface area (Å²) in [4.78, 5) is 18.5. The molecular formula is C18H24N4O2. The van der Waals surface area contributed by atoms with E-state index in [-0.39, 0.29) is 5.91 Å². The van der Waals surface area contributed by atoms with Crippen molar-refractivity contribution in [3.8, 4) is 5.75 Å². The molecule has 2 aromatic rings. The zero-order chi connectivity index (χ0) is 17.4. The van der Waals surface area contributed by atoms with Gasteiger partial charge in [0.1, 0.15) is 11.6 Å². The van der Waals surface area contributed by atoms with Crippen molar-refractivity contribution >= 4 is 17.4 Å². The molecule has 0 aliphatic carbocycles. The summed E-state index contributed by atoms with van der Waals surface area (Å²) in [6, 6.07) is 11.2. The van der Waals surface area contributed by atoms with Gasteiger partial charge in [-0.25, -0.2) is 4.98 Å². The molecule has 24 heavy (non-hydrogen) atoms. The summed E-state index contributed by atoms with van der Waals surface area (Å²) in [6.07, 6.45) is 1.97. The lowest BCUT2D eigenvalue weighted by Crippen LogP contribution is -2.21. The summed E-state index contributed by atoms with van der Waals surface area (Å²) in [7, 11) is 5.67. The molecule has 1 heterocycles. The molecule has 0 fully saturated rings. The van der Waals surface area contributed by atoms with Crippen LogP contribution >= 0.6 is 0 Å². The number of pyridine rings is 1. The van der Waals surface area contributed by atoms with Crippen LogP contribution in [0, 0.1) is 0 Å². The number of hydrogen-bond acceptors (Lipinski definition) is 5. The third-order valence-corrected chi connectivity index (χ3v) is 3.44. The van der Waals surface area contributed by atoms with Crippen molar-refractivity contribution in [2.24, 2.45) is 0 Å². The molecule has 128 valence electrons. The molecule has 0 bridgehead atoms. The van der Waals surface area contributed by atoms with E-state index < -0.39 is 0 Å². The van der Waals surface area contributed by atoms with Crippen LogP contribution in [-0.4, -0.2) is 50.1 Å². The number of nitrogens with zero attached hydrogens (tertiary/aromatic N) is 2. The lowest BCUT2D eigenvalue weighted by atomic mass is 10.1. The van der Waals surface area contributed by atoms with Gasteiger partial charge in [-0.2, -0.15) is 0 Å². The fraction of sp³-hybridized carbons (Fsp3) is 0.333. The Morgan fingerprint density at radius 3 is 2.50 bits per heavy atom. The van der Waals surface area contributed by atoms with Gasteiger partial charge in [-0.15, -0.1) is 0 Å². The van der Waals surface area contributed by atoms with Crippen LogP contribution in [0.3, 0.4) is 0 Å². The second-order valence-electron chi connectivity index (χ2n) is 5.74. The van der Waals surface area contributed by atoms with Crippen molar-refractivity contribution in [2.75, 3.05) is 44.9 Å². The number of rotatable bonds is 8. The lowest BCUT2D eigenvalue weighted by molar-refractivity contribution is -0.115. The van der Waals surface area contributed by atoms with E-state index in [2.05, 4.69) is 20.5 Å². The van der Waals surface area contributed by atoms with E-state index >= 15 is 0 Å². The number of carbonyl (C=O) groups is 1. The van der Waals surface area contributed by atoms with Crippen molar-refractivity contribution in [3.05, 3.63) is 48.2 Å². The number of carbonyl (C=O) groups excluding carboxylic acids is 1. The van der Waals surface area contributed by atoms with Gasteiger partial charge in [-0.3, -0.25) is 4.79 Å². The van der Waals surface area contributed by atoms with Crippen LogP contribution < -0.4 is 15.4 Å². The first kappa shape index (κ1) is 17.7. The minimum atomic E-state index is -0.0738. The standard InChI is InChI=1S/C18H24N4O2/c1-22(2)11-10-19-17-9-6-15(13-20-17)21-18(23)12-14-4-7-16(24-3)8-5-14/h4-9,13H,10-12H2,1-3H3,(H,19,20)(H,21,23). The van der Waals surface area contributed by atoms with E-state index in [0.717, 1.165) is 30.2 Å². The summed E-state index contributed by atoms with van der Waals surface area (Å²) in [6.45, 7) is 1.76. The zero-order valence-electron chi connectivity index (χ0n) is 14.4. The van der Waals surface area contributed by atoms with E-state index in [1.807, 2.05) is 50.5 Å². The number of anilines is 2. The highest BCUT2D eigenvalue weighted by Crippen LogP contribution is 2.13. The normalized spacial score (nSPS) is 10.5. The van der Waals surface area contributed by atoms with Gasteiger partial charge in [0.2, 0.25) is 5.91 Å². The van der Waals surface area contributed by atoms with Crippen LogP contribution in [0.2, 0.25) is 0 Å². The highest BCUT2D eigenvalue weighted by Gasteiger charge is 2.05. The molecule has 1 aromatic carbocycles. The Morgan fingerprint density at radius 2 is 1.92 bits per heavy atom. The summed E-state index contributed by atoms with van der Waals surface area (Å²) >= 11 is 0. The number of aromatic nitrogens is 1. The van der Waals surface area contributed by atoms with Gasteiger partial charge in [-0.1, -0.05) is 12.1 Å². The first-order valence-electron chi connectivity index (χ1n) is 7.84. The molecule has 0 saturated carbocycles. The van der Waals surface area contributed by atoms with Crippen molar-refractivity contribution in [3.63, 3.8) is 0 Å². The molecule has 1 aromatic heterocycles. The fourth-order valence-corrected chi connectivity index (χ4v) is 2.11. The van der Waals surface area contributed by atoms with E-state index in [9.17, 15) is 4.79 Å². The summed E-state index contributed by atoms with van der Waals surface area (Å²) in [5.74, 6) is 1.50. The van der Waals surface area contributed by atoms with Crippen molar-refractivity contribution in [1.82, 2.24) is 9.88 Å². The number of benzene rings is 1. The number of likely N-dealkylation sites (N-methyl/N-ethyl adjacent to an activating group) is 1. The molecule has 2 rings (SSSR count). The maximum atomic E-state index is 12.1. The number of hydrogen-bond donors (Lipinski definition) is 2. The third-order valence-electron chi connectivity index (χ3n) is 3.44. The summed E-state index contributed by atoms with van der Waals surface area (Å²) < 4.78 is 5.10. The molecule has 0 spiro atoms. The number of amides is 1. The smallest absolute Gasteiger partial charge is 0.228 e. The average molecular weight is 328 g/mol. The van der Waals surface area contributed by atoms with Crippen LogP contribution in [-0.2, 0) is 11.2 Å². The predicted molar refractivity (Wildman–Crippen MR) is 96.6 cm³/mol. The van der Waals surface area contributed by atoms with Gasteiger partial charge in [0.25, 0.3) is 0 Å². The maximum Gasteiger partial charge on any atom is 0.228 e. The Hall–Kier alpha value is -2.60. The number of methoxy groups -OCH3 is 1. The minimum absolute atomic E-state index is 0.0738. The Kier molecular flexibility index (Phi) is 6.57. The SMILES string of the molecule is COc1ccc(CC(=O)Nc2ccc(NCCN(C)C)nc2)cc1. The minimum Gasteiger partial charge on any atom is -0.497 e. The Balaban J connectivity index is 1.82. The number of ether oxygens (including phenoxy) is 1. The highest BCUT2D eigenvalue weighted by molar-refractivity contribution is 5.92. The van der Waals surface area contributed by atoms with Crippen molar-refractivity contribution < 1.29 is 9.53 Å². The molecular weight excluding hydrogens is 304 g/mol. The van der Waals surface area contributed by atoms with Gasteiger partial charge in [0, 0.05) is 13.1 Å². The molecule has 2 N–H and O–H groups in total. The van der Waals surface area contributed by atoms with Gasteiger partial charge >= 0.3 is 0 Å². The van der Waals surface area contributed by atoms with Gasteiger partial charge in [0.15, 0.2) is 0 Å². The highest BCUT2D eigenvalue weighted by atomic mass is 16.5. The molecule has 0 aliphatic rings. The van der Waals surface area contributed by atoms with E-state index in [0.29, 0.717) is 12.1 Å². The van der Waals surface area contributed by atoms with Crippen molar-refractivity contribution in [2.45, 2.75) is 6.42 Å². The van der Waals surface area contributed by atoms with Crippen LogP contribution in [0.5, 0.6) is 5.75 Å². The average Bonchev–Trinajstić information content (AvgIpc) is 2.57. The molecule has 0 radical (unpaired) electrons. The van der Waals surface area contributed by atoms with E-state index in [1.54, 1.807) is 13.3 Å². The Morgan fingerprint density at radius 1 is 1.17 bits per heavy atom. The van der Waals surface area contributed by atoms with Crippen LogP contribution in [0.1, 0.15) is 5.56 Å². The fourth-order valence-electron chi connectivity index (χ4n) is 2.11. The molecule has 0 unspecified atom stereocenters. The molecule has 6 heteroatoms. The lowest BCUT2D eigenvalue weighted by Gasteiger charge is -2.11. The van der Waals surface area contributed by atoms with Crippen LogP contribution in [0.25, 0.3) is 0 Å². The van der Waals surface area contributed by atoms with E-state index in [4.69, 9.17) is 4.74 Å². The maximum absolute atomic E-state index is 12.1. The Bertz CT molecular complexity index is 639. The summed E-state index contributed by atoms with van der Waals surface area (Å²) in [5.41, 5.74) is 1.62. The second-order valence-corrected chi connectivity index (χ2v) is 5.74. The topological polar surface area (TPSA) is 66.5 Å². The largest absolute Gasteiger partial charge is 0.497 e. The molecule has 0 saturated heterocycles. The van der Waals surface area contributed by atoms with Gasteiger partial charge in [-0.05, 0) is 43.9 Å². The van der Waals surface area contributed by atoms with Crippen LogP contribution in [0.4, 0.5) is 11.5 Å². The molecule has 0 atom stereocenters.